The molecule has 9 nitrogen and oxygen atoms in total. The van der Waals surface area contributed by atoms with Crippen molar-refractivity contribution in [3.05, 3.63) is 61.7 Å². The summed E-state index contributed by atoms with van der Waals surface area (Å²) in [5, 5.41) is 8.40. The molecule has 3 rings (SSSR count). The third-order valence-corrected chi connectivity index (χ3v) is 5.05. The fraction of sp³-hybridized carbons (Fsp3) is 0.333. The maximum Gasteiger partial charge on any atom is 0.328 e. The topological polar surface area (TPSA) is 112 Å². The van der Waals surface area contributed by atoms with Crippen molar-refractivity contribution >= 4 is 11.8 Å². The van der Waals surface area contributed by atoms with E-state index in [9.17, 15) is 9.59 Å². The number of hydrogen-bond donors (Lipinski definition) is 1. The van der Waals surface area contributed by atoms with Crippen LogP contribution in [0.15, 0.2) is 37.4 Å². The van der Waals surface area contributed by atoms with E-state index < -0.39 is 5.69 Å². The number of H-pyrrole nitrogens is 1. The number of ether oxygens (including phenoxy) is 2. The molecule has 0 amide bonds. The lowest BCUT2D eigenvalue weighted by molar-refractivity contribution is 0.393. The SMILES string of the molecule is COc1cc(CSc2nnc(Cc3c(C)[nH]c(=O)n(C)c3=O)o2)cc(OC)c1. The van der Waals surface area contributed by atoms with Gasteiger partial charge in [0, 0.05) is 30.1 Å². The predicted molar refractivity (Wildman–Crippen MR) is 103 cm³/mol. The highest BCUT2D eigenvalue weighted by Crippen LogP contribution is 2.28. The Morgan fingerprint density at radius 3 is 2.46 bits per heavy atom. The van der Waals surface area contributed by atoms with Gasteiger partial charge in [0.15, 0.2) is 0 Å². The van der Waals surface area contributed by atoms with Crippen LogP contribution in [0.3, 0.4) is 0 Å². The zero-order chi connectivity index (χ0) is 20.3. The number of thioether (sulfide) groups is 1. The fourth-order valence-electron chi connectivity index (χ4n) is 2.60. The lowest BCUT2D eigenvalue weighted by atomic mass is 10.2. The van der Waals surface area contributed by atoms with E-state index in [0.717, 1.165) is 10.1 Å². The first-order valence-corrected chi connectivity index (χ1v) is 9.35. The van der Waals surface area contributed by atoms with Gasteiger partial charge < -0.3 is 18.9 Å². The standard InChI is InChI=1S/C18H20N4O5S/c1-10-14(16(23)22(2)17(24)19-10)8-15-20-21-18(27-15)28-9-11-5-12(25-3)7-13(6-11)26-4/h5-7H,8-9H2,1-4H3,(H,19,24). The van der Waals surface area contributed by atoms with Gasteiger partial charge in [0.25, 0.3) is 10.8 Å². The number of rotatable bonds is 7. The van der Waals surface area contributed by atoms with E-state index in [4.69, 9.17) is 13.9 Å². The van der Waals surface area contributed by atoms with E-state index in [2.05, 4.69) is 15.2 Å². The number of aromatic amines is 1. The third-order valence-electron chi connectivity index (χ3n) is 4.16. The molecule has 0 fully saturated rings. The van der Waals surface area contributed by atoms with E-state index >= 15 is 0 Å². The van der Waals surface area contributed by atoms with Crippen molar-refractivity contribution in [1.29, 1.82) is 0 Å². The van der Waals surface area contributed by atoms with Gasteiger partial charge in [-0.3, -0.25) is 9.36 Å². The van der Waals surface area contributed by atoms with Crippen LogP contribution in [0.25, 0.3) is 0 Å². The fourth-order valence-corrected chi connectivity index (χ4v) is 3.31. The van der Waals surface area contributed by atoms with Crippen LogP contribution < -0.4 is 20.7 Å². The quantitative estimate of drug-likeness (QED) is 0.592. The van der Waals surface area contributed by atoms with Crippen molar-refractivity contribution in [2.75, 3.05) is 14.2 Å². The molecule has 28 heavy (non-hydrogen) atoms. The first-order valence-electron chi connectivity index (χ1n) is 8.37. The number of hydrogen-bond acceptors (Lipinski definition) is 8. The number of methoxy groups -OCH3 is 2. The van der Waals surface area contributed by atoms with Gasteiger partial charge in [0.1, 0.15) is 11.5 Å². The molecule has 0 aliphatic rings. The Bertz CT molecular complexity index is 1080. The minimum Gasteiger partial charge on any atom is -0.497 e. The number of aryl methyl sites for hydroxylation is 1. The average molecular weight is 404 g/mol. The highest BCUT2D eigenvalue weighted by Gasteiger charge is 2.15. The number of benzene rings is 1. The van der Waals surface area contributed by atoms with E-state index in [1.807, 2.05) is 12.1 Å². The smallest absolute Gasteiger partial charge is 0.328 e. The van der Waals surface area contributed by atoms with Crippen LogP contribution in [0.5, 0.6) is 11.5 Å². The largest absolute Gasteiger partial charge is 0.497 e. The summed E-state index contributed by atoms with van der Waals surface area (Å²) in [6.45, 7) is 1.67. The highest BCUT2D eigenvalue weighted by atomic mass is 32.2. The van der Waals surface area contributed by atoms with Crippen LogP contribution in [-0.4, -0.2) is 34.0 Å². The van der Waals surface area contributed by atoms with E-state index in [1.165, 1.54) is 18.8 Å². The second-order valence-corrected chi connectivity index (χ2v) is 6.97. The molecule has 1 aromatic carbocycles. The van der Waals surface area contributed by atoms with Gasteiger partial charge in [-0.15, -0.1) is 10.2 Å². The molecule has 0 aliphatic heterocycles. The molecule has 0 atom stereocenters. The highest BCUT2D eigenvalue weighted by molar-refractivity contribution is 7.98. The summed E-state index contributed by atoms with van der Waals surface area (Å²) in [5.41, 5.74) is 1.05. The number of nitrogens with zero attached hydrogens (tertiary/aromatic N) is 3. The Hall–Kier alpha value is -3.01. The van der Waals surface area contributed by atoms with Crippen LogP contribution in [0.4, 0.5) is 0 Å². The van der Waals surface area contributed by atoms with Crippen molar-refractivity contribution in [2.45, 2.75) is 24.3 Å². The minimum absolute atomic E-state index is 0.149. The second kappa shape index (κ2) is 8.34. The van der Waals surface area contributed by atoms with E-state index in [0.29, 0.717) is 39.6 Å². The zero-order valence-corrected chi connectivity index (χ0v) is 16.8. The molecule has 0 unspecified atom stereocenters. The molecule has 0 saturated heterocycles. The van der Waals surface area contributed by atoms with Crippen LogP contribution in [-0.2, 0) is 19.2 Å². The molecule has 3 aromatic rings. The molecule has 1 N–H and O–H groups in total. The first kappa shape index (κ1) is 19.7. The van der Waals surface area contributed by atoms with Gasteiger partial charge in [-0.2, -0.15) is 0 Å². The van der Waals surface area contributed by atoms with Crippen LogP contribution in [0.2, 0.25) is 0 Å². The van der Waals surface area contributed by atoms with Crippen LogP contribution in [0, 0.1) is 6.92 Å². The van der Waals surface area contributed by atoms with Gasteiger partial charge in [-0.25, -0.2) is 4.79 Å². The van der Waals surface area contributed by atoms with E-state index in [-0.39, 0.29) is 12.0 Å². The molecule has 0 saturated carbocycles. The molecule has 10 heteroatoms. The predicted octanol–water partition coefficient (Wildman–Crippen LogP) is 1.67. The number of nitrogens with one attached hydrogen (secondary N) is 1. The molecule has 0 radical (unpaired) electrons. The zero-order valence-electron chi connectivity index (χ0n) is 15.9. The van der Waals surface area contributed by atoms with Gasteiger partial charge in [-0.1, -0.05) is 11.8 Å². The minimum atomic E-state index is -0.457. The number of aromatic nitrogens is 4. The van der Waals surface area contributed by atoms with Crippen molar-refractivity contribution in [3.8, 4) is 11.5 Å². The molecule has 0 aliphatic carbocycles. The summed E-state index contributed by atoms with van der Waals surface area (Å²) in [5.74, 6) is 2.28. The van der Waals surface area contributed by atoms with Crippen molar-refractivity contribution < 1.29 is 13.9 Å². The summed E-state index contributed by atoms with van der Waals surface area (Å²) in [7, 11) is 4.61. The molecule has 2 heterocycles. The van der Waals surface area contributed by atoms with Gasteiger partial charge in [0.05, 0.1) is 20.6 Å². The second-order valence-electron chi connectivity index (χ2n) is 6.05. The molecular weight excluding hydrogens is 384 g/mol. The Balaban J connectivity index is 1.73. The average Bonchev–Trinajstić information content (AvgIpc) is 3.15. The molecule has 0 bridgehead atoms. The lowest BCUT2D eigenvalue weighted by Crippen LogP contribution is -2.36. The molecule has 2 aromatic heterocycles. The Morgan fingerprint density at radius 2 is 1.82 bits per heavy atom. The molecule has 0 spiro atoms. The third kappa shape index (κ3) is 4.28. The summed E-state index contributed by atoms with van der Waals surface area (Å²) in [6, 6.07) is 5.60. The maximum atomic E-state index is 12.3. The maximum absolute atomic E-state index is 12.3. The molecule has 148 valence electrons. The monoisotopic (exact) mass is 404 g/mol. The summed E-state index contributed by atoms with van der Waals surface area (Å²) in [6.07, 6.45) is 0.149. The lowest BCUT2D eigenvalue weighted by Gasteiger charge is -2.07. The Kier molecular flexibility index (Phi) is 5.88. The van der Waals surface area contributed by atoms with E-state index in [1.54, 1.807) is 27.2 Å². The first-order chi connectivity index (χ1) is 13.4. The summed E-state index contributed by atoms with van der Waals surface area (Å²) in [4.78, 5) is 26.5. The Morgan fingerprint density at radius 1 is 1.14 bits per heavy atom. The van der Waals surface area contributed by atoms with Crippen molar-refractivity contribution in [2.24, 2.45) is 7.05 Å². The van der Waals surface area contributed by atoms with Gasteiger partial charge in [0.2, 0.25) is 5.89 Å². The summed E-state index contributed by atoms with van der Waals surface area (Å²) < 4.78 is 17.2. The van der Waals surface area contributed by atoms with Crippen LogP contribution >= 0.6 is 11.8 Å². The van der Waals surface area contributed by atoms with Gasteiger partial charge >= 0.3 is 5.69 Å². The van der Waals surface area contributed by atoms with Gasteiger partial charge in [-0.05, 0) is 24.6 Å². The normalized spacial score (nSPS) is 10.9. The Labute approximate surface area is 164 Å². The van der Waals surface area contributed by atoms with Crippen LogP contribution in [0.1, 0.15) is 22.7 Å². The van der Waals surface area contributed by atoms with Crippen molar-refractivity contribution in [1.82, 2.24) is 19.7 Å². The molecular formula is C18H20N4O5S. The van der Waals surface area contributed by atoms with Crippen molar-refractivity contribution in [3.63, 3.8) is 0 Å². The summed E-state index contributed by atoms with van der Waals surface area (Å²) >= 11 is 1.36.